The summed E-state index contributed by atoms with van der Waals surface area (Å²) in [4.78, 5) is 16.9. The molecule has 0 bridgehead atoms. The van der Waals surface area contributed by atoms with Crippen LogP contribution in [0.3, 0.4) is 0 Å². The quantitative estimate of drug-likeness (QED) is 0.598. The fraction of sp³-hybridized carbons (Fsp3) is 0.130. The molecule has 2 heterocycles. The fourth-order valence-electron chi connectivity index (χ4n) is 3.37. The Morgan fingerprint density at radius 2 is 1.70 bits per heavy atom. The van der Waals surface area contributed by atoms with Crippen LogP contribution in [0.1, 0.15) is 16.7 Å². The van der Waals surface area contributed by atoms with E-state index in [2.05, 4.69) is 29.2 Å². The Morgan fingerprint density at radius 1 is 0.963 bits per heavy atom. The number of pyridine rings is 2. The molecule has 0 aliphatic rings. The van der Waals surface area contributed by atoms with Crippen molar-refractivity contribution in [3.63, 3.8) is 0 Å². The van der Waals surface area contributed by atoms with Gasteiger partial charge in [0.15, 0.2) is 0 Å². The van der Waals surface area contributed by atoms with Crippen molar-refractivity contribution in [1.82, 2.24) is 9.55 Å². The summed E-state index contributed by atoms with van der Waals surface area (Å²) in [6.07, 6.45) is 0.848. The van der Waals surface area contributed by atoms with E-state index in [1.165, 1.54) is 15.7 Å². The molecule has 2 aromatic carbocycles. The van der Waals surface area contributed by atoms with Crippen LogP contribution in [-0.2, 0) is 13.5 Å². The summed E-state index contributed by atoms with van der Waals surface area (Å²) in [7, 11) is 1.68. The van der Waals surface area contributed by atoms with Gasteiger partial charge < -0.3 is 5.11 Å². The summed E-state index contributed by atoms with van der Waals surface area (Å²) < 4.78 is 1.49. The Labute approximate surface area is 157 Å². The fourth-order valence-corrected chi connectivity index (χ4v) is 3.37. The highest BCUT2D eigenvalue weighted by molar-refractivity contribution is 5.85. The summed E-state index contributed by atoms with van der Waals surface area (Å²) in [6.45, 7) is 1.62. The number of hydrogen-bond acceptors (Lipinski definition) is 3. The predicted molar refractivity (Wildman–Crippen MR) is 108 cm³/mol. The molecular formula is C23H20N2O2. The van der Waals surface area contributed by atoms with Crippen LogP contribution in [0.2, 0.25) is 0 Å². The Bertz CT molecular complexity index is 1190. The third-order valence-electron chi connectivity index (χ3n) is 4.90. The van der Waals surface area contributed by atoms with Gasteiger partial charge in [0.2, 0.25) is 0 Å². The van der Waals surface area contributed by atoms with Gasteiger partial charge in [-0.15, -0.1) is 0 Å². The number of aromatic nitrogens is 2. The lowest BCUT2D eigenvalue weighted by Gasteiger charge is -2.11. The number of aromatic hydroxyl groups is 1. The first-order valence-corrected chi connectivity index (χ1v) is 8.87. The molecule has 0 unspecified atom stereocenters. The SMILES string of the molecule is Cc1c(O)c2ccc(-c3cccc(Cc4ccccc4)c3)nc2n(C)c1=O. The maximum atomic E-state index is 12.3. The molecule has 0 aliphatic carbocycles. The van der Waals surface area contributed by atoms with Gasteiger partial charge in [-0.05, 0) is 42.7 Å². The van der Waals surface area contributed by atoms with E-state index in [0.29, 0.717) is 16.6 Å². The summed E-state index contributed by atoms with van der Waals surface area (Å²) in [5, 5.41) is 10.9. The van der Waals surface area contributed by atoms with Crippen LogP contribution in [0.15, 0.2) is 71.5 Å². The van der Waals surface area contributed by atoms with E-state index in [9.17, 15) is 9.90 Å². The molecule has 0 spiro atoms. The summed E-state index contributed by atoms with van der Waals surface area (Å²) in [6, 6.07) is 22.3. The van der Waals surface area contributed by atoms with Crippen molar-refractivity contribution >= 4 is 11.0 Å². The van der Waals surface area contributed by atoms with Gasteiger partial charge in [0.1, 0.15) is 11.4 Å². The maximum absolute atomic E-state index is 12.3. The third-order valence-corrected chi connectivity index (χ3v) is 4.90. The number of benzene rings is 2. The molecule has 4 aromatic rings. The second-order valence-electron chi connectivity index (χ2n) is 6.77. The highest BCUT2D eigenvalue weighted by Crippen LogP contribution is 2.28. The first kappa shape index (κ1) is 17.0. The van der Waals surface area contributed by atoms with Crippen molar-refractivity contribution in [1.29, 1.82) is 0 Å². The second-order valence-corrected chi connectivity index (χ2v) is 6.77. The minimum atomic E-state index is -0.234. The van der Waals surface area contributed by atoms with Crippen LogP contribution < -0.4 is 5.56 Å². The van der Waals surface area contributed by atoms with Gasteiger partial charge in [0.25, 0.3) is 5.56 Å². The molecule has 0 amide bonds. The molecule has 134 valence electrons. The van der Waals surface area contributed by atoms with Gasteiger partial charge in [0, 0.05) is 12.6 Å². The molecule has 0 saturated carbocycles. The molecule has 0 saturated heterocycles. The molecule has 4 heteroatoms. The first-order chi connectivity index (χ1) is 13.0. The molecule has 4 nitrogen and oxygen atoms in total. The average Bonchev–Trinajstić information content (AvgIpc) is 2.71. The molecule has 2 aromatic heterocycles. The van der Waals surface area contributed by atoms with Crippen molar-refractivity contribution in [2.45, 2.75) is 13.3 Å². The van der Waals surface area contributed by atoms with Gasteiger partial charge in [-0.1, -0.05) is 48.5 Å². The topological polar surface area (TPSA) is 55.1 Å². The number of rotatable bonds is 3. The predicted octanol–water partition coefficient (Wildman–Crippen LogP) is 4.21. The van der Waals surface area contributed by atoms with Crippen LogP contribution in [-0.4, -0.2) is 14.7 Å². The molecule has 27 heavy (non-hydrogen) atoms. The molecule has 0 atom stereocenters. The lowest BCUT2D eigenvalue weighted by atomic mass is 10.0. The highest BCUT2D eigenvalue weighted by Gasteiger charge is 2.13. The maximum Gasteiger partial charge on any atom is 0.258 e. The monoisotopic (exact) mass is 356 g/mol. The third kappa shape index (κ3) is 3.10. The van der Waals surface area contributed by atoms with Gasteiger partial charge >= 0.3 is 0 Å². The summed E-state index contributed by atoms with van der Waals surface area (Å²) in [5.41, 5.74) is 4.79. The summed E-state index contributed by atoms with van der Waals surface area (Å²) in [5.74, 6) is 0.00461. The van der Waals surface area contributed by atoms with Gasteiger partial charge in [-0.25, -0.2) is 4.98 Å². The zero-order valence-electron chi connectivity index (χ0n) is 15.3. The van der Waals surface area contributed by atoms with Crippen molar-refractivity contribution in [2.24, 2.45) is 7.05 Å². The Morgan fingerprint density at radius 3 is 2.48 bits per heavy atom. The number of nitrogens with zero attached hydrogens (tertiary/aromatic N) is 2. The van der Waals surface area contributed by atoms with E-state index in [4.69, 9.17) is 0 Å². The minimum Gasteiger partial charge on any atom is -0.507 e. The van der Waals surface area contributed by atoms with Gasteiger partial charge in [-0.2, -0.15) is 0 Å². The zero-order chi connectivity index (χ0) is 19.0. The lowest BCUT2D eigenvalue weighted by molar-refractivity contribution is 0.474. The molecule has 1 N–H and O–H groups in total. The van der Waals surface area contributed by atoms with E-state index < -0.39 is 0 Å². The molecule has 4 rings (SSSR count). The second kappa shape index (κ2) is 6.72. The largest absolute Gasteiger partial charge is 0.507 e. The van der Waals surface area contributed by atoms with E-state index in [1.54, 1.807) is 14.0 Å². The van der Waals surface area contributed by atoms with Crippen molar-refractivity contribution < 1.29 is 5.11 Å². The van der Waals surface area contributed by atoms with Gasteiger partial charge in [0.05, 0.1) is 16.6 Å². The van der Waals surface area contributed by atoms with Crippen LogP contribution >= 0.6 is 0 Å². The Hall–Kier alpha value is -3.40. The van der Waals surface area contributed by atoms with Crippen LogP contribution in [0.5, 0.6) is 5.75 Å². The normalized spacial score (nSPS) is 11.0. The average molecular weight is 356 g/mol. The zero-order valence-corrected chi connectivity index (χ0v) is 15.3. The van der Waals surface area contributed by atoms with Crippen molar-refractivity contribution in [3.8, 4) is 17.0 Å². The van der Waals surface area contributed by atoms with E-state index in [1.807, 2.05) is 42.5 Å². The van der Waals surface area contributed by atoms with E-state index in [-0.39, 0.29) is 11.3 Å². The lowest BCUT2D eigenvalue weighted by Crippen LogP contribution is -2.20. The van der Waals surface area contributed by atoms with Crippen molar-refractivity contribution in [2.75, 3.05) is 0 Å². The molecule has 0 aliphatic heterocycles. The van der Waals surface area contributed by atoms with Gasteiger partial charge in [-0.3, -0.25) is 9.36 Å². The smallest absolute Gasteiger partial charge is 0.258 e. The van der Waals surface area contributed by atoms with Crippen LogP contribution in [0.25, 0.3) is 22.3 Å². The Kier molecular flexibility index (Phi) is 4.24. The highest BCUT2D eigenvalue weighted by atomic mass is 16.3. The van der Waals surface area contributed by atoms with Crippen LogP contribution in [0.4, 0.5) is 0 Å². The number of aryl methyl sites for hydroxylation is 1. The van der Waals surface area contributed by atoms with E-state index in [0.717, 1.165) is 17.7 Å². The number of fused-ring (bicyclic) bond motifs is 1. The molecule has 0 radical (unpaired) electrons. The Balaban J connectivity index is 1.79. The summed E-state index contributed by atoms with van der Waals surface area (Å²) >= 11 is 0. The minimum absolute atomic E-state index is 0.00461. The molecular weight excluding hydrogens is 336 g/mol. The standard InChI is InChI=1S/C23H20N2O2/c1-15-21(26)19-11-12-20(24-22(19)25(2)23(15)27)18-10-6-9-17(14-18)13-16-7-4-3-5-8-16/h3-12,14,26H,13H2,1-2H3. The van der Waals surface area contributed by atoms with Crippen LogP contribution in [0, 0.1) is 6.92 Å². The molecule has 0 fully saturated rings. The number of hydrogen-bond donors (Lipinski definition) is 1. The van der Waals surface area contributed by atoms with E-state index >= 15 is 0 Å². The first-order valence-electron chi connectivity index (χ1n) is 8.87. The van der Waals surface area contributed by atoms with Crippen molar-refractivity contribution in [3.05, 3.63) is 93.8 Å².